The highest BCUT2D eigenvalue weighted by atomic mass is 16.4. The van der Waals surface area contributed by atoms with Crippen LogP contribution in [0, 0.1) is 6.92 Å². The number of aryl methyl sites for hydroxylation is 1. The first kappa shape index (κ1) is 12.8. The number of aromatic nitrogens is 2. The fourth-order valence-electron chi connectivity index (χ4n) is 1.61. The molecule has 0 bridgehead atoms. The van der Waals surface area contributed by atoms with E-state index in [-0.39, 0.29) is 5.76 Å². The van der Waals surface area contributed by atoms with Gasteiger partial charge >= 0.3 is 5.91 Å². The summed E-state index contributed by atoms with van der Waals surface area (Å²) in [7, 11) is 0. The van der Waals surface area contributed by atoms with E-state index in [0.29, 0.717) is 17.9 Å². The first-order valence-electron chi connectivity index (χ1n) is 5.43. The van der Waals surface area contributed by atoms with E-state index in [1.807, 2.05) is 5.43 Å². The molecule has 2 heterocycles. The average Bonchev–Trinajstić information content (AvgIpc) is 2.97. The number of nitrogens with two attached hydrogens (primary N) is 2. The van der Waals surface area contributed by atoms with Gasteiger partial charge in [0.2, 0.25) is 0 Å². The molecule has 100 valence electrons. The predicted octanol–water partition coefficient (Wildman–Crippen LogP) is -0.465. The normalized spacial score (nSPS) is 10.4. The van der Waals surface area contributed by atoms with Crippen molar-refractivity contribution in [2.24, 2.45) is 11.6 Å². The van der Waals surface area contributed by atoms with Gasteiger partial charge in [0.25, 0.3) is 5.91 Å². The molecule has 0 aliphatic carbocycles. The van der Waals surface area contributed by atoms with Crippen molar-refractivity contribution in [2.75, 3.05) is 0 Å². The summed E-state index contributed by atoms with van der Waals surface area (Å²) in [6, 6.07) is 1.57. The molecule has 2 aromatic heterocycles. The molecule has 8 heteroatoms. The third-order valence-corrected chi connectivity index (χ3v) is 2.63. The molecule has 0 fully saturated rings. The molecule has 0 saturated carbocycles. The van der Waals surface area contributed by atoms with Crippen molar-refractivity contribution in [1.82, 2.24) is 15.2 Å². The van der Waals surface area contributed by atoms with Gasteiger partial charge in [-0.05, 0) is 13.0 Å². The molecule has 5 N–H and O–H groups in total. The lowest BCUT2D eigenvalue weighted by Gasteiger charge is -1.98. The maximum absolute atomic E-state index is 11.3. The second kappa shape index (κ2) is 4.94. The Hall–Kier alpha value is -2.61. The highest BCUT2D eigenvalue weighted by Gasteiger charge is 2.14. The summed E-state index contributed by atoms with van der Waals surface area (Å²) >= 11 is 0. The maximum atomic E-state index is 11.3. The van der Waals surface area contributed by atoms with Crippen LogP contribution in [0.5, 0.6) is 0 Å². The summed E-state index contributed by atoms with van der Waals surface area (Å²) in [5.74, 6) is 4.68. The Bertz CT molecular complexity index is 628. The predicted molar refractivity (Wildman–Crippen MR) is 64.9 cm³/mol. The number of carbonyl (C=O) groups is 2. The van der Waals surface area contributed by atoms with Crippen LogP contribution in [0.4, 0.5) is 0 Å². The Balaban J connectivity index is 2.20. The van der Waals surface area contributed by atoms with Crippen molar-refractivity contribution >= 4 is 11.8 Å². The van der Waals surface area contributed by atoms with Crippen LogP contribution in [-0.4, -0.2) is 21.6 Å². The van der Waals surface area contributed by atoms with Crippen LogP contribution in [0.2, 0.25) is 0 Å². The summed E-state index contributed by atoms with van der Waals surface area (Å²) in [6.45, 7) is 2.08. The van der Waals surface area contributed by atoms with Gasteiger partial charge in [-0.15, -0.1) is 0 Å². The van der Waals surface area contributed by atoms with Gasteiger partial charge in [0, 0.05) is 11.8 Å². The molecule has 0 aliphatic heterocycles. The third kappa shape index (κ3) is 2.63. The highest BCUT2D eigenvalue weighted by Crippen LogP contribution is 2.15. The Morgan fingerprint density at radius 3 is 2.84 bits per heavy atom. The molecule has 0 atom stereocenters. The van der Waals surface area contributed by atoms with E-state index in [2.05, 4.69) is 5.10 Å². The first-order chi connectivity index (χ1) is 9.01. The summed E-state index contributed by atoms with van der Waals surface area (Å²) in [5, 5.41) is 4.00. The molecule has 2 rings (SSSR count). The standard InChI is InChI=1S/C11H13N5O3/c1-6-7(2-9(19-6)11(18)15-13)4-16-5-8(3-14-16)10(12)17/h2-3,5H,4,13H2,1H3,(H2,12,17)(H,15,18). The SMILES string of the molecule is Cc1oc(C(=O)NN)cc1Cn1cc(C(N)=O)cn1. The number of amides is 2. The zero-order chi connectivity index (χ0) is 14.0. The minimum Gasteiger partial charge on any atom is -0.456 e. The Labute approximate surface area is 108 Å². The van der Waals surface area contributed by atoms with E-state index in [0.717, 1.165) is 5.56 Å². The summed E-state index contributed by atoms with van der Waals surface area (Å²) in [5.41, 5.74) is 8.21. The monoisotopic (exact) mass is 263 g/mol. The quantitative estimate of drug-likeness (QED) is 0.390. The Morgan fingerprint density at radius 2 is 2.26 bits per heavy atom. The number of hydrogen-bond donors (Lipinski definition) is 3. The summed E-state index contributed by atoms with van der Waals surface area (Å²) in [6.07, 6.45) is 2.91. The molecule has 0 radical (unpaired) electrons. The molecule has 0 saturated heterocycles. The lowest BCUT2D eigenvalue weighted by Crippen LogP contribution is -2.29. The zero-order valence-corrected chi connectivity index (χ0v) is 10.2. The van der Waals surface area contributed by atoms with Crippen LogP contribution in [0.3, 0.4) is 0 Å². The second-order valence-corrected chi connectivity index (χ2v) is 3.96. The number of hydrazine groups is 1. The first-order valence-corrected chi connectivity index (χ1v) is 5.43. The van der Waals surface area contributed by atoms with Crippen molar-refractivity contribution in [3.63, 3.8) is 0 Å². The van der Waals surface area contributed by atoms with Crippen molar-refractivity contribution in [1.29, 1.82) is 0 Å². The molecule has 2 amide bonds. The molecule has 0 aromatic carbocycles. The number of nitrogens with zero attached hydrogens (tertiary/aromatic N) is 2. The lowest BCUT2D eigenvalue weighted by molar-refractivity contribution is 0.0924. The lowest BCUT2D eigenvalue weighted by atomic mass is 10.2. The highest BCUT2D eigenvalue weighted by molar-refractivity contribution is 5.92. The number of nitrogens with one attached hydrogen (secondary N) is 1. The van der Waals surface area contributed by atoms with E-state index in [1.165, 1.54) is 17.1 Å². The largest absolute Gasteiger partial charge is 0.456 e. The van der Waals surface area contributed by atoms with E-state index < -0.39 is 11.8 Å². The van der Waals surface area contributed by atoms with Crippen LogP contribution >= 0.6 is 0 Å². The molecule has 0 unspecified atom stereocenters. The fraction of sp³-hybridized carbons (Fsp3) is 0.182. The molecule has 2 aromatic rings. The Morgan fingerprint density at radius 1 is 1.53 bits per heavy atom. The number of hydrogen-bond acceptors (Lipinski definition) is 5. The van der Waals surface area contributed by atoms with Gasteiger partial charge in [-0.25, -0.2) is 5.84 Å². The van der Waals surface area contributed by atoms with Gasteiger partial charge in [0.15, 0.2) is 5.76 Å². The van der Waals surface area contributed by atoms with Crippen molar-refractivity contribution < 1.29 is 14.0 Å². The molecular formula is C11H13N5O3. The van der Waals surface area contributed by atoms with E-state index >= 15 is 0 Å². The van der Waals surface area contributed by atoms with E-state index in [4.69, 9.17) is 16.0 Å². The van der Waals surface area contributed by atoms with Crippen molar-refractivity contribution in [3.8, 4) is 0 Å². The topological polar surface area (TPSA) is 129 Å². The minimum atomic E-state index is -0.543. The smallest absolute Gasteiger partial charge is 0.300 e. The van der Waals surface area contributed by atoms with Crippen LogP contribution < -0.4 is 17.0 Å². The van der Waals surface area contributed by atoms with Crippen LogP contribution in [0.25, 0.3) is 0 Å². The van der Waals surface area contributed by atoms with Crippen LogP contribution in [0.1, 0.15) is 32.2 Å². The van der Waals surface area contributed by atoms with Gasteiger partial charge in [0.05, 0.1) is 18.3 Å². The fourth-order valence-corrected chi connectivity index (χ4v) is 1.61. The average molecular weight is 263 g/mol. The summed E-state index contributed by atoms with van der Waals surface area (Å²) < 4.78 is 6.80. The molecule has 8 nitrogen and oxygen atoms in total. The minimum absolute atomic E-state index is 0.122. The Kier molecular flexibility index (Phi) is 3.34. The van der Waals surface area contributed by atoms with Gasteiger partial charge in [-0.2, -0.15) is 5.10 Å². The van der Waals surface area contributed by atoms with Gasteiger partial charge < -0.3 is 10.2 Å². The summed E-state index contributed by atoms with van der Waals surface area (Å²) in [4.78, 5) is 22.3. The third-order valence-electron chi connectivity index (χ3n) is 2.63. The van der Waals surface area contributed by atoms with Crippen LogP contribution in [0.15, 0.2) is 22.9 Å². The maximum Gasteiger partial charge on any atom is 0.300 e. The number of primary amides is 1. The van der Waals surface area contributed by atoms with Gasteiger partial charge in [0.1, 0.15) is 5.76 Å². The van der Waals surface area contributed by atoms with Crippen molar-refractivity contribution in [2.45, 2.75) is 13.5 Å². The number of rotatable bonds is 4. The molecule has 0 spiro atoms. The van der Waals surface area contributed by atoms with E-state index in [9.17, 15) is 9.59 Å². The molecule has 19 heavy (non-hydrogen) atoms. The molecule has 0 aliphatic rings. The van der Waals surface area contributed by atoms with E-state index in [1.54, 1.807) is 13.0 Å². The number of furan rings is 1. The molecular weight excluding hydrogens is 250 g/mol. The van der Waals surface area contributed by atoms with Gasteiger partial charge in [-0.3, -0.25) is 19.7 Å². The van der Waals surface area contributed by atoms with Crippen molar-refractivity contribution in [3.05, 3.63) is 41.1 Å². The number of carbonyl (C=O) groups excluding carboxylic acids is 2. The van der Waals surface area contributed by atoms with Crippen LogP contribution in [-0.2, 0) is 6.54 Å². The van der Waals surface area contributed by atoms with Gasteiger partial charge in [-0.1, -0.05) is 0 Å². The second-order valence-electron chi connectivity index (χ2n) is 3.96. The number of nitrogen functional groups attached to an aromatic ring is 1. The zero-order valence-electron chi connectivity index (χ0n) is 10.2.